The minimum atomic E-state index is 0.672. The van der Waals surface area contributed by atoms with Gasteiger partial charge in [-0.2, -0.15) is 0 Å². The Bertz CT molecular complexity index is 2470. The first-order valence-corrected chi connectivity index (χ1v) is 18.5. The van der Waals surface area contributed by atoms with Crippen LogP contribution in [0, 0.1) is 0 Å². The van der Waals surface area contributed by atoms with E-state index in [2.05, 4.69) is 148 Å². The van der Waals surface area contributed by atoms with E-state index in [0.717, 1.165) is 60.7 Å². The molecule has 3 aliphatic rings. The number of benzene rings is 5. The third-order valence-electron chi connectivity index (χ3n) is 10.2. The molecule has 0 aliphatic heterocycles. The highest BCUT2D eigenvalue weighted by atomic mass is 16.3. The lowest BCUT2D eigenvalue weighted by Gasteiger charge is -2.13. The van der Waals surface area contributed by atoms with Gasteiger partial charge in [0, 0.05) is 21.9 Å². The molecule has 0 unspecified atom stereocenters. The fourth-order valence-electron chi connectivity index (χ4n) is 7.45. The molecule has 6 aromatic rings. The Kier molecular flexibility index (Phi) is 10.4. The minimum Gasteiger partial charge on any atom is -0.456 e. The molecular formula is C50H47NO. The van der Waals surface area contributed by atoms with Crippen LogP contribution in [0.2, 0.25) is 0 Å². The molecule has 0 spiro atoms. The molecule has 9 rings (SSSR count). The molecule has 0 bridgehead atoms. The van der Waals surface area contributed by atoms with Crippen molar-refractivity contribution in [2.24, 2.45) is 5.73 Å². The van der Waals surface area contributed by atoms with E-state index in [4.69, 9.17) is 10.2 Å². The Morgan fingerprint density at radius 3 is 2.25 bits per heavy atom. The topological polar surface area (TPSA) is 39.2 Å². The SMILES string of the molecule is C=C(C)c1cccc(-c2ccccc2)c1.C=C(N)C1=CCCC=C1.CCc1ccc2c(c1)Cc1c(C3=c4oc5ccccc5c4=CCC3)cccc1-2. The summed E-state index contributed by atoms with van der Waals surface area (Å²) < 4.78 is 6.36. The van der Waals surface area contributed by atoms with E-state index in [0.29, 0.717) is 5.70 Å². The van der Waals surface area contributed by atoms with E-state index in [1.54, 1.807) is 0 Å². The van der Waals surface area contributed by atoms with Gasteiger partial charge in [-0.3, -0.25) is 0 Å². The van der Waals surface area contributed by atoms with Gasteiger partial charge >= 0.3 is 0 Å². The predicted molar refractivity (Wildman–Crippen MR) is 222 cm³/mol. The number of aryl methyl sites for hydroxylation is 1. The van der Waals surface area contributed by atoms with Crippen molar-refractivity contribution < 1.29 is 4.42 Å². The van der Waals surface area contributed by atoms with Crippen molar-refractivity contribution in [1.82, 2.24) is 0 Å². The molecule has 0 radical (unpaired) electrons. The highest BCUT2D eigenvalue weighted by molar-refractivity contribution is 5.86. The van der Waals surface area contributed by atoms with Crippen molar-refractivity contribution in [2.75, 3.05) is 0 Å². The second-order valence-electron chi connectivity index (χ2n) is 13.8. The predicted octanol–water partition coefficient (Wildman–Crippen LogP) is 11.5. The van der Waals surface area contributed by atoms with Crippen LogP contribution in [0.5, 0.6) is 0 Å². The van der Waals surface area contributed by atoms with Gasteiger partial charge in [0.15, 0.2) is 0 Å². The molecule has 0 saturated heterocycles. The van der Waals surface area contributed by atoms with Crippen LogP contribution in [0.4, 0.5) is 0 Å². The van der Waals surface area contributed by atoms with E-state index >= 15 is 0 Å². The first-order valence-electron chi connectivity index (χ1n) is 18.5. The fraction of sp³-hybridized carbons (Fsp3) is 0.160. The Balaban J connectivity index is 0.000000146. The third kappa shape index (κ3) is 7.29. The molecule has 3 aliphatic carbocycles. The van der Waals surface area contributed by atoms with Gasteiger partial charge in [-0.1, -0.05) is 153 Å². The third-order valence-corrected chi connectivity index (χ3v) is 10.2. The molecule has 5 aromatic carbocycles. The number of allylic oxidation sites excluding steroid dienone is 4. The van der Waals surface area contributed by atoms with Crippen molar-refractivity contribution in [2.45, 2.75) is 52.4 Å². The summed E-state index contributed by atoms with van der Waals surface area (Å²) in [7, 11) is 0. The molecule has 2 N–H and O–H groups in total. The van der Waals surface area contributed by atoms with Gasteiger partial charge in [-0.25, -0.2) is 0 Å². The van der Waals surface area contributed by atoms with Crippen molar-refractivity contribution in [3.05, 3.63) is 196 Å². The van der Waals surface area contributed by atoms with Crippen LogP contribution in [0.1, 0.15) is 67.3 Å². The second-order valence-corrected chi connectivity index (χ2v) is 13.8. The lowest BCUT2D eigenvalue weighted by Crippen LogP contribution is -2.26. The average molecular weight is 678 g/mol. The van der Waals surface area contributed by atoms with Crippen LogP contribution in [-0.4, -0.2) is 0 Å². The summed E-state index contributed by atoms with van der Waals surface area (Å²) in [4.78, 5) is 0. The van der Waals surface area contributed by atoms with Crippen LogP contribution in [-0.2, 0) is 12.8 Å². The summed E-state index contributed by atoms with van der Waals surface area (Å²) in [6.45, 7) is 11.9. The van der Waals surface area contributed by atoms with Gasteiger partial charge in [0.2, 0.25) is 0 Å². The first kappa shape index (κ1) is 34.6. The smallest absolute Gasteiger partial charge is 0.138 e. The van der Waals surface area contributed by atoms with Gasteiger partial charge in [0.1, 0.15) is 11.0 Å². The van der Waals surface area contributed by atoms with Crippen LogP contribution in [0.3, 0.4) is 0 Å². The number of para-hydroxylation sites is 1. The lowest BCUT2D eigenvalue weighted by molar-refractivity contribution is 0.568. The maximum atomic E-state index is 6.36. The zero-order chi connectivity index (χ0) is 36.0. The van der Waals surface area contributed by atoms with Gasteiger partial charge in [-0.15, -0.1) is 0 Å². The van der Waals surface area contributed by atoms with Crippen molar-refractivity contribution in [3.63, 3.8) is 0 Å². The van der Waals surface area contributed by atoms with E-state index in [1.165, 1.54) is 66.2 Å². The normalized spacial score (nSPS) is 13.7. The van der Waals surface area contributed by atoms with E-state index < -0.39 is 0 Å². The highest BCUT2D eigenvalue weighted by Gasteiger charge is 2.24. The Morgan fingerprint density at radius 1 is 0.731 bits per heavy atom. The molecule has 2 nitrogen and oxygen atoms in total. The summed E-state index contributed by atoms with van der Waals surface area (Å²) in [6.07, 6.45) is 15.1. The van der Waals surface area contributed by atoms with E-state index in [9.17, 15) is 0 Å². The van der Waals surface area contributed by atoms with Crippen molar-refractivity contribution in [1.29, 1.82) is 0 Å². The molecule has 1 aromatic heterocycles. The van der Waals surface area contributed by atoms with Crippen LogP contribution >= 0.6 is 0 Å². The minimum absolute atomic E-state index is 0.672. The van der Waals surface area contributed by atoms with Gasteiger partial charge < -0.3 is 10.2 Å². The van der Waals surface area contributed by atoms with Crippen LogP contribution in [0.15, 0.2) is 162 Å². The van der Waals surface area contributed by atoms with E-state index in [-0.39, 0.29) is 0 Å². The number of rotatable bonds is 5. The largest absolute Gasteiger partial charge is 0.456 e. The highest BCUT2D eigenvalue weighted by Crippen LogP contribution is 2.41. The summed E-state index contributed by atoms with van der Waals surface area (Å²) >= 11 is 0. The molecule has 0 atom stereocenters. The van der Waals surface area contributed by atoms with E-state index in [1.807, 2.05) is 19.1 Å². The maximum Gasteiger partial charge on any atom is 0.138 e. The zero-order valence-electron chi connectivity index (χ0n) is 30.4. The molecule has 258 valence electrons. The lowest BCUT2D eigenvalue weighted by atomic mass is 9.91. The van der Waals surface area contributed by atoms with Gasteiger partial charge in [0.25, 0.3) is 0 Å². The first-order chi connectivity index (χ1) is 25.4. The summed E-state index contributed by atoms with van der Waals surface area (Å²) in [6, 6.07) is 41.1. The molecular weight excluding hydrogens is 631 g/mol. The Labute approximate surface area is 308 Å². The number of hydrogen-bond donors (Lipinski definition) is 1. The van der Waals surface area contributed by atoms with Crippen LogP contribution in [0.25, 0.3) is 50.4 Å². The van der Waals surface area contributed by atoms with Gasteiger partial charge in [-0.05, 0) is 113 Å². The Hall–Kier alpha value is -5.86. The van der Waals surface area contributed by atoms with Gasteiger partial charge in [0.05, 0.1) is 0 Å². The molecule has 0 amide bonds. The number of fused-ring (bicyclic) bond motifs is 6. The standard InChI is InChI=1S/C27H22O.C15H14.C8H11N/c1-2-17-13-14-19-18(15-17)16-25-20(19)8-5-9-21(25)23-10-6-11-24-22-7-3-4-12-26(22)28-27(23)24;1-12(2)14-9-6-10-15(11-14)13-7-4-3-5-8-13;1-7(9)8-5-3-2-4-6-8/h3-5,7-9,11-15H,2,6,10,16H2,1H3;3-11H,1H2,2H3;3,5-6H,1-2,4,9H2. The maximum absolute atomic E-state index is 6.36. The fourth-order valence-corrected chi connectivity index (χ4v) is 7.45. The summed E-state index contributed by atoms with van der Waals surface area (Å²) in [5.41, 5.74) is 24.0. The molecule has 0 fully saturated rings. The molecule has 0 saturated carbocycles. The van der Waals surface area contributed by atoms with Crippen LogP contribution < -0.4 is 16.4 Å². The average Bonchev–Trinajstić information content (AvgIpc) is 3.77. The number of hydrogen-bond acceptors (Lipinski definition) is 2. The molecule has 1 heterocycles. The second kappa shape index (κ2) is 15.6. The summed E-state index contributed by atoms with van der Waals surface area (Å²) in [5, 5.41) is 2.51. The van der Waals surface area contributed by atoms with Crippen molar-refractivity contribution >= 4 is 28.2 Å². The molecule has 2 heteroatoms. The number of nitrogens with two attached hydrogens (primary N) is 1. The Morgan fingerprint density at radius 2 is 1.50 bits per heavy atom. The number of furan rings is 1. The molecule has 52 heavy (non-hydrogen) atoms. The summed E-state index contributed by atoms with van der Waals surface area (Å²) in [5.74, 6) is 0. The van der Waals surface area contributed by atoms with Crippen molar-refractivity contribution in [3.8, 4) is 22.3 Å². The monoisotopic (exact) mass is 677 g/mol. The zero-order valence-corrected chi connectivity index (χ0v) is 30.4. The quantitative estimate of drug-likeness (QED) is 0.197.